The molecule has 0 bridgehead atoms. The summed E-state index contributed by atoms with van der Waals surface area (Å²) in [5, 5.41) is 4.59. The van der Waals surface area contributed by atoms with Gasteiger partial charge >= 0.3 is 0 Å². The van der Waals surface area contributed by atoms with Gasteiger partial charge in [-0.25, -0.2) is 9.37 Å². The second kappa shape index (κ2) is 7.12. The maximum Gasteiger partial charge on any atom is 0.257 e. The van der Waals surface area contributed by atoms with Crippen molar-refractivity contribution in [2.45, 2.75) is 16.2 Å². The molecule has 5 nitrogen and oxygen atoms in total. The number of nitrogens with one attached hydrogen (secondary N) is 1. The van der Waals surface area contributed by atoms with Crippen LogP contribution >= 0.6 is 23.1 Å². The third-order valence-corrected chi connectivity index (χ3v) is 5.38. The highest BCUT2D eigenvalue weighted by Gasteiger charge is 2.16. The van der Waals surface area contributed by atoms with E-state index in [0.717, 1.165) is 23.5 Å². The number of rotatable bonds is 4. The molecule has 25 heavy (non-hydrogen) atoms. The summed E-state index contributed by atoms with van der Waals surface area (Å²) < 4.78 is 14.9. The third-order valence-electron chi connectivity index (χ3n) is 3.29. The molecule has 0 unspecified atom stereocenters. The van der Waals surface area contributed by atoms with Crippen LogP contribution in [0.1, 0.15) is 16.1 Å². The van der Waals surface area contributed by atoms with Crippen molar-refractivity contribution in [3.05, 3.63) is 58.9 Å². The molecule has 128 valence electrons. The van der Waals surface area contributed by atoms with Crippen molar-refractivity contribution in [1.82, 2.24) is 4.98 Å². The first kappa shape index (κ1) is 17.2. The zero-order chi connectivity index (χ0) is 18.0. The first-order valence-corrected chi connectivity index (χ1v) is 8.98. The van der Waals surface area contributed by atoms with E-state index in [-0.39, 0.29) is 11.3 Å². The monoisotopic (exact) mass is 374 g/mol. The second-order valence-corrected chi connectivity index (χ2v) is 7.45. The minimum absolute atomic E-state index is 0.0681. The fourth-order valence-corrected chi connectivity index (χ4v) is 3.97. The van der Waals surface area contributed by atoms with Gasteiger partial charge in [-0.1, -0.05) is 17.8 Å². The van der Waals surface area contributed by atoms with Crippen LogP contribution in [0, 0.1) is 12.7 Å². The summed E-state index contributed by atoms with van der Waals surface area (Å²) in [5.74, 6) is -0.920. The fourth-order valence-electron chi connectivity index (χ4n) is 2.13. The Bertz CT molecular complexity index is 942. The van der Waals surface area contributed by atoms with Gasteiger partial charge in [-0.05, 0) is 37.3 Å². The summed E-state index contributed by atoms with van der Waals surface area (Å²) in [6.07, 6.45) is 0. The Hall–Kier alpha value is -2.58. The van der Waals surface area contributed by atoms with Gasteiger partial charge in [-0.15, -0.1) is 11.3 Å². The number of aromatic nitrogens is 1. The highest BCUT2D eigenvalue weighted by atomic mass is 32.2. The van der Waals surface area contributed by atoms with Crippen LogP contribution in [0.4, 0.5) is 21.5 Å². The molecule has 0 radical (unpaired) electrons. The van der Waals surface area contributed by atoms with E-state index in [9.17, 15) is 9.18 Å². The number of thiazole rings is 1. The highest BCUT2D eigenvalue weighted by Crippen LogP contribution is 2.34. The van der Waals surface area contributed by atoms with Crippen molar-refractivity contribution in [1.29, 1.82) is 0 Å². The lowest BCUT2D eigenvalue weighted by atomic mass is 10.1. The number of nitrogen functional groups attached to an aromatic ring is 2. The van der Waals surface area contributed by atoms with Crippen molar-refractivity contribution < 1.29 is 9.18 Å². The lowest BCUT2D eigenvalue weighted by molar-refractivity contribution is 0.102. The number of hydrogen-bond donors (Lipinski definition) is 3. The Labute approximate surface area is 152 Å². The molecule has 2 aromatic carbocycles. The van der Waals surface area contributed by atoms with Crippen LogP contribution in [0.2, 0.25) is 0 Å². The molecule has 0 aliphatic carbocycles. The Morgan fingerprint density at radius 1 is 1.28 bits per heavy atom. The molecule has 0 fully saturated rings. The first-order valence-electron chi connectivity index (χ1n) is 7.28. The van der Waals surface area contributed by atoms with Crippen LogP contribution < -0.4 is 16.8 Å². The summed E-state index contributed by atoms with van der Waals surface area (Å²) in [6, 6.07) is 9.37. The van der Waals surface area contributed by atoms with Crippen molar-refractivity contribution >= 4 is 46.1 Å². The number of benzene rings is 2. The molecule has 1 amide bonds. The Morgan fingerprint density at radius 3 is 2.76 bits per heavy atom. The SMILES string of the molecule is Cc1csc(Sc2cc(C(=O)Nc3cccc(N)c3)c(N)cc2F)n1. The predicted octanol–water partition coefficient (Wildman–Crippen LogP) is 4.16. The van der Waals surface area contributed by atoms with Gasteiger partial charge in [0.15, 0.2) is 4.34 Å². The summed E-state index contributed by atoms with van der Waals surface area (Å²) in [6.45, 7) is 1.87. The van der Waals surface area contributed by atoms with Gasteiger partial charge in [0.1, 0.15) is 5.82 Å². The molecular formula is C17H15FN4OS2. The van der Waals surface area contributed by atoms with E-state index in [2.05, 4.69) is 10.3 Å². The molecule has 1 heterocycles. The van der Waals surface area contributed by atoms with Crippen LogP contribution in [0.5, 0.6) is 0 Å². The van der Waals surface area contributed by atoms with Crippen molar-refractivity contribution in [3.63, 3.8) is 0 Å². The highest BCUT2D eigenvalue weighted by molar-refractivity contribution is 8.01. The fraction of sp³-hybridized carbons (Fsp3) is 0.0588. The molecule has 8 heteroatoms. The molecule has 3 aromatic rings. The summed E-state index contributed by atoms with van der Waals surface area (Å²) in [7, 11) is 0. The normalized spacial score (nSPS) is 10.6. The molecule has 0 saturated carbocycles. The van der Waals surface area contributed by atoms with E-state index in [4.69, 9.17) is 11.5 Å². The molecular weight excluding hydrogens is 359 g/mol. The third kappa shape index (κ3) is 4.09. The maximum atomic E-state index is 14.2. The van der Waals surface area contributed by atoms with Gasteiger partial charge in [0.05, 0.1) is 10.5 Å². The number of nitrogens with zero attached hydrogens (tertiary/aromatic N) is 1. The van der Waals surface area contributed by atoms with E-state index >= 15 is 0 Å². The molecule has 0 atom stereocenters. The molecule has 0 aliphatic rings. The van der Waals surface area contributed by atoms with Crippen LogP contribution in [-0.2, 0) is 0 Å². The number of aryl methyl sites for hydroxylation is 1. The summed E-state index contributed by atoms with van der Waals surface area (Å²) in [5.41, 5.74) is 13.7. The molecule has 0 aliphatic heterocycles. The van der Waals surface area contributed by atoms with E-state index in [0.29, 0.717) is 20.6 Å². The van der Waals surface area contributed by atoms with Gasteiger partial charge in [0.25, 0.3) is 5.91 Å². The van der Waals surface area contributed by atoms with Gasteiger partial charge in [-0.2, -0.15) is 0 Å². The van der Waals surface area contributed by atoms with Gasteiger partial charge in [0, 0.05) is 28.1 Å². The molecule has 1 aromatic heterocycles. The zero-order valence-electron chi connectivity index (χ0n) is 13.2. The molecule has 3 rings (SSSR count). The largest absolute Gasteiger partial charge is 0.399 e. The second-order valence-electron chi connectivity index (χ2n) is 5.31. The minimum Gasteiger partial charge on any atom is -0.399 e. The van der Waals surface area contributed by atoms with E-state index in [1.54, 1.807) is 24.3 Å². The minimum atomic E-state index is -0.490. The smallest absolute Gasteiger partial charge is 0.257 e. The predicted molar refractivity (Wildman–Crippen MR) is 101 cm³/mol. The van der Waals surface area contributed by atoms with Crippen LogP contribution in [-0.4, -0.2) is 10.9 Å². The standard InChI is InChI=1S/C17H15FN4OS2/c1-9-8-24-17(21-9)25-15-6-12(14(20)7-13(15)18)16(23)22-11-4-2-3-10(19)5-11/h2-8H,19-20H2,1H3,(H,22,23). The first-order chi connectivity index (χ1) is 11.9. The quantitative estimate of drug-likeness (QED) is 0.596. The number of hydrogen-bond acceptors (Lipinski definition) is 6. The maximum absolute atomic E-state index is 14.2. The molecule has 5 N–H and O–H groups in total. The van der Waals surface area contributed by atoms with E-state index in [1.807, 2.05) is 12.3 Å². The van der Waals surface area contributed by atoms with Gasteiger partial charge in [-0.3, -0.25) is 4.79 Å². The van der Waals surface area contributed by atoms with Crippen LogP contribution in [0.25, 0.3) is 0 Å². The van der Waals surface area contributed by atoms with E-state index < -0.39 is 11.7 Å². The zero-order valence-corrected chi connectivity index (χ0v) is 14.9. The number of anilines is 3. The van der Waals surface area contributed by atoms with Gasteiger partial charge < -0.3 is 16.8 Å². The van der Waals surface area contributed by atoms with E-state index in [1.165, 1.54) is 17.4 Å². The average Bonchev–Trinajstić information content (AvgIpc) is 2.95. The average molecular weight is 374 g/mol. The number of carbonyl (C=O) groups is 1. The molecule has 0 saturated heterocycles. The van der Waals surface area contributed by atoms with Crippen LogP contribution in [0.15, 0.2) is 51.0 Å². The number of nitrogens with two attached hydrogens (primary N) is 2. The van der Waals surface area contributed by atoms with Gasteiger partial charge in [0.2, 0.25) is 0 Å². The number of halogens is 1. The topological polar surface area (TPSA) is 94.0 Å². The van der Waals surface area contributed by atoms with Crippen molar-refractivity contribution in [3.8, 4) is 0 Å². The molecule has 0 spiro atoms. The van der Waals surface area contributed by atoms with Crippen molar-refractivity contribution in [2.75, 3.05) is 16.8 Å². The lowest BCUT2D eigenvalue weighted by Crippen LogP contribution is -2.14. The van der Waals surface area contributed by atoms with Crippen LogP contribution in [0.3, 0.4) is 0 Å². The van der Waals surface area contributed by atoms with Crippen molar-refractivity contribution in [2.24, 2.45) is 0 Å². The Kier molecular flexibility index (Phi) is 4.91. The lowest BCUT2D eigenvalue weighted by Gasteiger charge is -2.10. The Morgan fingerprint density at radius 2 is 2.08 bits per heavy atom. The Balaban J connectivity index is 1.87. The summed E-state index contributed by atoms with van der Waals surface area (Å²) >= 11 is 2.58. The summed E-state index contributed by atoms with van der Waals surface area (Å²) in [4.78, 5) is 17.1. The number of amides is 1. The number of carbonyl (C=O) groups excluding carboxylic acids is 1.